The van der Waals surface area contributed by atoms with Crippen LogP contribution in [0.15, 0.2) is 36.4 Å². The molecule has 2 aromatic carbocycles. The molecular formula is C21H24O5S. The summed E-state index contributed by atoms with van der Waals surface area (Å²) in [5.41, 5.74) is 3.04. The van der Waals surface area contributed by atoms with E-state index in [0.29, 0.717) is 16.9 Å². The molecule has 0 atom stereocenters. The van der Waals surface area contributed by atoms with E-state index in [1.54, 1.807) is 45.0 Å². The van der Waals surface area contributed by atoms with Gasteiger partial charge in [0, 0.05) is 12.0 Å². The van der Waals surface area contributed by atoms with E-state index < -0.39 is 14.6 Å². The van der Waals surface area contributed by atoms with Crippen LogP contribution in [-0.2, 0) is 22.0 Å². The fourth-order valence-corrected chi connectivity index (χ4v) is 3.93. The van der Waals surface area contributed by atoms with Gasteiger partial charge in [-0.15, -0.1) is 0 Å². The highest BCUT2D eigenvalue weighted by Crippen LogP contribution is 2.36. The fraction of sp³-hybridized carbons (Fsp3) is 0.381. The molecule has 144 valence electrons. The van der Waals surface area contributed by atoms with Crippen LogP contribution in [0.5, 0.6) is 11.5 Å². The number of carbonyl (C=O) groups excluding carboxylic acids is 1. The Labute approximate surface area is 160 Å². The second-order valence-corrected chi connectivity index (χ2v) is 10.6. The summed E-state index contributed by atoms with van der Waals surface area (Å²) < 4.78 is 34.6. The molecule has 0 spiro atoms. The Kier molecular flexibility index (Phi) is 5.04. The van der Waals surface area contributed by atoms with Crippen molar-refractivity contribution in [2.75, 3.05) is 6.79 Å². The minimum atomic E-state index is -3.25. The van der Waals surface area contributed by atoms with E-state index in [9.17, 15) is 13.2 Å². The zero-order valence-corrected chi connectivity index (χ0v) is 16.9. The first-order valence-corrected chi connectivity index (χ1v) is 10.5. The first-order valence-electron chi connectivity index (χ1n) is 8.80. The normalized spacial score (nSPS) is 13.6. The second-order valence-electron chi connectivity index (χ2n) is 7.81. The highest BCUT2D eigenvalue weighted by atomic mass is 32.2. The van der Waals surface area contributed by atoms with Gasteiger partial charge in [-0.3, -0.25) is 4.79 Å². The number of Topliss-reactive ketones (excluding diaryl/α,β-unsaturated/α-hetero) is 1. The van der Waals surface area contributed by atoms with Crippen molar-refractivity contribution >= 4 is 15.6 Å². The number of fused-ring (bicyclic) bond motifs is 1. The Morgan fingerprint density at radius 2 is 1.70 bits per heavy atom. The Hall–Kier alpha value is -2.34. The number of ketones is 1. The first kappa shape index (κ1) is 19.4. The third kappa shape index (κ3) is 4.16. The number of aryl methyl sites for hydroxylation is 1. The SMILES string of the molecule is Cc1cc(CC(=O)c2ccc(CS(=O)(=O)C(C)(C)C)cc2)cc2c1OCO2. The van der Waals surface area contributed by atoms with Crippen LogP contribution in [0.1, 0.15) is 47.8 Å². The lowest BCUT2D eigenvalue weighted by Gasteiger charge is -2.19. The van der Waals surface area contributed by atoms with Crippen LogP contribution in [0.4, 0.5) is 0 Å². The van der Waals surface area contributed by atoms with Crippen molar-refractivity contribution in [3.8, 4) is 11.5 Å². The molecule has 0 aliphatic carbocycles. The summed E-state index contributed by atoms with van der Waals surface area (Å²) in [6, 6.07) is 10.6. The number of hydrogen-bond donors (Lipinski definition) is 0. The summed E-state index contributed by atoms with van der Waals surface area (Å²) in [4.78, 5) is 12.6. The second kappa shape index (κ2) is 7.00. The van der Waals surface area contributed by atoms with Gasteiger partial charge in [0.2, 0.25) is 6.79 Å². The van der Waals surface area contributed by atoms with Gasteiger partial charge in [0.1, 0.15) is 0 Å². The van der Waals surface area contributed by atoms with Gasteiger partial charge in [0.25, 0.3) is 0 Å². The van der Waals surface area contributed by atoms with Gasteiger partial charge in [0.15, 0.2) is 27.1 Å². The lowest BCUT2D eigenvalue weighted by Crippen LogP contribution is -2.29. The molecule has 5 nitrogen and oxygen atoms in total. The van der Waals surface area contributed by atoms with Crippen molar-refractivity contribution < 1.29 is 22.7 Å². The molecule has 0 bridgehead atoms. The Bertz CT molecular complexity index is 967. The maximum Gasteiger partial charge on any atom is 0.231 e. The molecule has 1 aliphatic heterocycles. The summed E-state index contributed by atoms with van der Waals surface area (Å²) >= 11 is 0. The highest BCUT2D eigenvalue weighted by Gasteiger charge is 2.29. The minimum absolute atomic E-state index is 0.0292. The molecule has 1 aliphatic rings. The van der Waals surface area contributed by atoms with Gasteiger partial charge in [-0.2, -0.15) is 0 Å². The molecule has 27 heavy (non-hydrogen) atoms. The summed E-state index contributed by atoms with van der Waals surface area (Å²) in [7, 11) is -3.25. The number of sulfone groups is 1. The molecule has 6 heteroatoms. The van der Waals surface area contributed by atoms with E-state index in [1.165, 1.54) is 0 Å². The average Bonchev–Trinajstić information content (AvgIpc) is 3.03. The standard InChI is InChI=1S/C21H24O5S/c1-14-9-16(11-19-20(14)26-13-25-19)10-18(22)17-7-5-15(6-8-17)12-27(23,24)21(2,3)4/h5-9,11H,10,12-13H2,1-4H3. The van der Waals surface area contributed by atoms with E-state index in [-0.39, 0.29) is 24.7 Å². The van der Waals surface area contributed by atoms with Crippen molar-refractivity contribution in [2.45, 2.75) is 44.6 Å². The van der Waals surface area contributed by atoms with Crippen molar-refractivity contribution in [3.05, 3.63) is 58.7 Å². The zero-order valence-electron chi connectivity index (χ0n) is 16.0. The molecule has 0 N–H and O–H groups in total. The first-order chi connectivity index (χ1) is 12.6. The van der Waals surface area contributed by atoms with Crippen molar-refractivity contribution in [1.82, 2.24) is 0 Å². The topological polar surface area (TPSA) is 69.7 Å². The minimum Gasteiger partial charge on any atom is -0.454 e. The summed E-state index contributed by atoms with van der Waals surface area (Å²) in [6.45, 7) is 7.19. The summed E-state index contributed by atoms with van der Waals surface area (Å²) in [5.74, 6) is 1.33. The molecule has 0 unspecified atom stereocenters. The van der Waals surface area contributed by atoms with Gasteiger partial charge in [-0.05, 0) is 50.5 Å². The molecule has 0 radical (unpaired) electrons. The molecule has 0 amide bonds. The average molecular weight is 388 g/mol. The Morgan fingerprint density at radius 1 is 1.04 bits per heavy atom. The molecule has 1 heterocycles. The van der Waals surface area contributed by atoms with Gasteiger partial charge in [-0.1, -0.05) is 30.3 Å². The number of carbonyl (C=O) groups is 1. The van der Waals surface area contributed by atoms with Crippen molar-refractivity contribution in [3.63, 3.8) is 0 Å². The molecule has 0 fully saturated rings. The molecule has 3 rings (SSSR count). The van der Waals surface area contributed by atoms with Crippen LogP contribution in [0.2, 0.25) is 0 Å². The van der Waals surface area contributed by atoms with Crippen molar-refractivity contribution in [2.24, 2.45) is 0 Å². The molecule has 0 saturated heterocycles. The third-order valence-corrected chi connectivity index (χ3v) is 7.23. The molecule has 0 aromatic heterocycles. The van der Waals surface area contributed by atoms with E-state index in [2.05, 4.69) is 0 Å². The highest BCUT2D eigenvalue weighted by molar-refractivity contribution is 7.91. The van der Waals surface area contributed by atoms with Crippen LogP contribution in [0.3, 0.4) is 0 Å². The smallest absolute Gasteiger partial charge is 0.231 e. The van der Waals surface area contributed by atoms with Gasteiger partial charge < -0.3 is 9.47 Å². The van der Waals surface area contributed by atoms with E-state index in [1.807, 2.05) is 19.1 Å². The number of rotatable bonds is 5. The summed E-state index contributed by atoms with van der Waals surface area (Å²) in [5, 5.41) is 0. The van der Waals surface area contributed by atoms with Crippen molar-refractivity contribution in [1.29, 1.82) is 0 Å². The van der Waals surface area contributed by atoms with Crippen LogP contribution in [-0.4, -0.2) is 25.7 Å². The van der Waals surface area contributed by atoms with Crippen LogP contribution in [0.25, 0.3) is 0 Å². The van der Waals surface area contributed by atoms with Gasteiger partial charge in [-0.25, -0.2) is 8.42 Å². The van der Waals surface area contributed by atoms with Crippen LogP contribution in [0, 0.1) is 6.92 Å². The fourth-order valence-electron chi connectivity index (χ4n) is 2.87. The van der Waals surface area contributed by atoms with Crippen LogP contribution >= 0.6 is 0 Å². The maximum absolute atomic E-state index is 12.6. The predicted molar refractivity (Wildman–Crippen MR) is 104 cm³/mol. The molecular weight excluding hydrogens is 364 g/mol. The van der Waals surface area contributed by atoms with Gasteiger partial charge >= 0.3 is 0 Å². The molecule has 2 aromatic rings. The monoisotopic (exact) mass is 388 g/mol. The lowest BCUT2D eigenvalue weighted by atomic mass is 10.00. The maximum atomic E-state index is 12.6. The predicted octanol–water partition coefficient (Wildman–Crippen LogP) is 3.86. The van der Waals surface area contributed by atoms with E-state index in [0.717, 1.165) is 16.9 Å². The van der Waals surface area contributed by atoms with Crippen LogP contribution < -0.4 is 9.47 Å². The zero-order chi connectivity index (χ0) is 19.8. The van der Waals surface area contributed by atoms with E-state index in [4.69, 9.17) is 9.47 Å². The summed E-state index contributed by atoms with van der Waals surface area (Å²) in [6.07, 6.45) is 0.247. The number of hydrogen-bond acceptors (Lipinski definition) is 5. The number of benzene rings is 2. The third-order valence-electron chi connectivity index (χ3n) is 4.65. The lowest BCUT2D eigenvalue weighted by molar-refractivity contribution is 0.0993. The van der Waals surface area contributed by atoms with Gasteiger partial charge in [0.05, 0.1) is 10.5 Å². The molecule has 0 saturated carbocycles. The number of ether oxygens (including phenoxy) is 2. The Balaban J connectivity index is 1.72. The largest absolute Gasteiger partial charge is 0.454 e. The Morgan fingerprint density at radius 3 is 2.33 bits per heavy atom. The quantitative estimate of drug-likeness (QED) is 0.728. The van der Waals surface area contributed by atoms with E-state index >= 15 is 0 Å².